The second-order valence-electron chi connectivity index (χ2n) is 8.49. The third-order valence-corrected chi connectivity index (χ3v) is 19.0. The van der Waals surface area contributed by atoms with Crippen molar-refractivity contribution in [3.05, 3.63) is 0 Å². The minimum Gasteiger partial charge on any atom is -0.519 e. The molecule has 0 rings (SSSR count). The zero-order chi connectivity index (χ0) is 25.5. The number of carbonyl (C=O) groups is 2. The molecule has 11 heteroatoms. The van der Waals surface area contributed by atoms with Gasteiger partial charge in [-0.2, -0.15) is 0 Å². The van der Waals surface area contributed by atoms with Crippen molar-refractivity contribution in [1.82, 2.24) is 5.32 Å². The van der Waals surface area contributed by atoms with E-state index in [4.69, 9.17) is 22.1 Å². The summed E-state index contributed by atoms with van der Waals surface area (Å²) in [7, 11) is -2.18. The second kappa shape index (κ2) is 16.2. The first kappa shape index (κ1) is 32.4. The fraction of sp³-hybridized carbons (Fsp3) is 0.909. The zero-order valence-electron chi connectivity index (χ0n) is 22.5. The standard InChI is InChI=1S/C22H49NO7Si3/c1-10-31(11-2,12-3)29-21(24)19-20(22(25)30-32(13-4,14-5)15-6)23-17-16-18-33(26-7,27-8)28-9/h20,23H,10-19H2,1-9H3. The van der Waals surface area contributed by atoms with E-state index < -0.39 is 31.5 Å². The molecular formula is C22H49NO7Si3. The van der Waals surface area contributed by atoms with Crippen LogP contribution in [0.2, 0.25) is 42.3 Å². The van der Waals surface area contributed by atoms with Gasteiger partial charge in [-0.15, -0.1) is 0 Å². The van der Waals surface area contributed by atoms with Gasteiger partial charge in [-0.25, -0.2) is 0 Å². The van der Waals surface area contributed by atoms with Crippen LogP contribution in [0.25, 0.3) is 0 Å². The van der Waals surface area contributed by atoms with E-state index in [1.807, 2.05) is 0 Å². The molecular weight excluding hydrogens is 475 g/mol. The van der Waals surface area contributed by atoms with Crippen molar-refractivity contribution in [2.24, 2.45) is 0 Å². The molecule has 0 heterocycles. The van der Waals surface area contributed by atoms with Crippen LogP contribution < -0.4 is 5.32 Å². The number of rotatable bonds is 19. The molecule has 0 spiro atoms. The molecule has 0 aromatic carbocycles. The van der Waals surface area contributed by atoms with Crippen LogP contribution in [0.1, 0.15) is 54.4 Å². The highest BCUT2D eigenvalue weighted by Crippen LogP contribution is 2.25. The molecule has 1 unspecified atom stereocenters. The van der Waals surface area contributed by atoms with Gasteiger partial charge in [-0.05, 0) is 49.2 Å². The molecule has 0 aliphatic rings. The molecule has 0 aromatic heterocycles. The van der Waals surface area contributed by atoms with Gasteiger partial charge in [0.05, 0.1) is 6.42 Å². The monoisotopic (exact) mass is 523 g/mol. The van der Waals surface area contributed by atoms with E-state index in [9.17, 15) is 9.59 Å². The topological polar surface area (TPSA) is 92.3 Å². The first-order valence-electron chi connectivity index (χ1n) is 12.5. The average Bonchev–Trinajstić information content (AvgIpc) is 2.85. The Balaban J connectivity index is 5.38. The van der Waals surface area contributed by atoms with Crippen LogP contribution in [0.5, 0.6) is 0 Å². The summed E-state index contributed by atoms with van der Waals surface area (Å²) < 4.78 is 28.5. The Morgan fingerprint density at radius 2 is 1.15 bits per heavy atom. The van der Waals surface area contributed by atoms with Crippen molar-refractivity contribution in [3.63, 3.8) is 0 Å². The van der Waals surface area contributed by atoms with Crippen LogP contribution in [-0.4, -0.2) is 71.3 Å². The molecule has 0 aromatic rings. The van der Waals surface area contributed by atoms with E-state index in [0.29, 0.717) is 19.0 Å². The first-order valence-corrected chi connectivity index (χ1v) is 19.5. The van der Waals surface area contributed by atoms with Crippen LogP contribution in [0, 0.1) is 0 Å². The minimum absolute atomic E-state index is 0.0173. The van der Waals surface area contributed by atoms with E-state index in [2.05, 4.69) is 46.9 Å². The van der Waals surface area contributed by atoms with Gasteiger partial charge in [0, 0.05) is 27.4 Å². The second-order valence-corrected chi connectivity index (χ2v) is 21.0. The molecule has 0 amide bonds. The van der Waals surface area contributed by atoms with Gasteiger partial charge in [0.25, 0.3) is 22.6 Å². The van der Waals surface area contributed by atoms with Gasteiger partial charge >= 0.3 is 14.8 Å². The predicted octanol–water partition coefficient (Wildman–Crippen LogP) is 4.70. The van der Waals surface area contributed by atoms with Gasteiger partial charge in [-0.1, -0.05) is 41.5 Å². The number of carbonyl (C=O) groups excluding carboxylic acids is 2. The Kier molecular flexibility index (Phi) is 15.9. The van der Waals surface area contributed by atoms with E-state index in [1.165, 1.54) is 0 Å². The smallest absolute Gasteiger partial charge is 0.500 e. The maximum atomic E-state index is 13.2. The highest BCUT2D eigenvalue weighted by molar-refractivity contribution is 6.75. The van der Waals surface area contributed by atoms with Gasteiger partial charge in [0.2, 0.25) is 0 Å². The fourth-order valence-electron chi connectivity index (χ4n) is 4.04. The summed E-state index contributed by atoms with van der Waals surface area (Å²) in [6, 6.07) is 5.11. The van der Waals surface area contributed by atoms with E-state index >= 15 is 0 Å². The molecule has 0 aliphatic carbocycles. The van der Waals surface area contributed by atoms with Crippen molar-refractivity contribution in [3.8, 4) is 0 Å². The van der Waals surface area contributed by atoms with Gasteiger partial charge < -0.3 is 27.4 Å². The largest absolute Gasteiger partial charge is 0.519 e. The van der Waals surface area contributed by atoms with Crippen LogP contribution in [-0.2, 0) is 31.7 Å². The van der Waals surface area contributed by atoms with Crippen LogP contribution in [0.3, 0.4) is 0 Å². The quantitative estimate of drug-likeness (QED) is 0.192. The molecule has 1 atom stereocenters. The normalized spacial score (nSPS) is 13.6. The lowest BCUT2D eigenvalue weighted by Crippen LogP contribution is -2.49. The Morgan fingerprint density at radius 1 is 0.727 bits per heavy atom. The Bertz CT molecular complexity index is 543. The number of hydrogen-bond acceptors (Lipinski definition) is 8. The molecule has 196 valence electrons. The van der Waals surface area contributed by atoms with Crippen LogP contribution in [0.4, 0.5) is 0 Å². The lowest BCUT2D eigenvalue weighted by Gasteiger charge is -2.31. The van der Waals surface area contributed by atoms with E-state index in [0.717, 1.165) is 36.3 Å². The summed E-state index contributed by atoms with van der Waals surface area (Å²) in [5, 5.41) is 3.25. The van der Waals surface area contributed by atoms with Gasteiger partial charge in [0.1, 0.15) is 6.04 Å². The molecule has 0 aliphatic heterocycles. The minimum atomic E-state index is -2.69. The third kappa shape index (κ3) is 9.90. The maximum Gasteiger partial charge on any atom is 0.500 e. The molecule has 1 N–H and O–H groups in total. The lowest BCUT2D eigenvalue weighted by atomic mass is 10.2. The molecule has 0 saturated carbocycles. The fourth-order valence-corrected chi connectivity index (χ4v) is 10.8. The Labute approximate surface area is 205 Å². The summed E-state index contributed by atoms with van der Waals surface area (Å²) in [4.78, 5) is 26.1. The van der Waals surface area contributed by atoms with Crippen molar-refractivity contribution < 1.29 is 31.7 Å². The highest BCUT2D eigenvalue weighted by Gasteiger charge is 2.39. The van der Waals surface area contributed by atoms with E-state index in [-0.39, 0.29) is 18.4 Å². The summed E-state index contributed by atoms with van der Waals surface area (Å²) >= 11 is 0. The molecule has 0 radical (unpaired) electrons. The number of nitrogens with one attached hydrogen (secondary N) is 1. The average molecular weight is 524 g/mol. The maximum absolute atomic E-state index is 13.2. The van der Waals surface area contributed by atoms with Crippen molar-refractivity contribution in [2.45, 2.75) is 103 Å². The van der Waals surface area contributed by atoms with Gasteiger partial charge in [0.15, 0.2) is 0 Å². The predicted molar refractivity (Wildman–Crippen MR) is 139 cm³/mol. The highest BCUT2D eigenvalue weighted by atomic mass is 28.4. The third-order valence-electron chi connectivity index (χ3n) is 7.15. The molecule has 0 bridgehead atoms. The summed E-state index contributed by atoms with van der Waals surface area (Å²) in [5.41, 5.74) is 0. The Morgan fingerprint density at radius 3 is 1.55 bits per heavy atom. The lowest BCUT2D eigenvalue weighted by molar-refractivity contribution is -0.144. The van der Waals surface area contributed by atoms with Crippen molar-refractivity contribution >= 4 is 37.4 Å². The number of hydrogen-bond donors (Lipinski definition) is 1. The SMILES string of the molecule is CC[Si](CC)(CC)OC(=O)CC(NCCC[Si](OC)(OC)OC)C(=O)O[Si](CC)(CC)CC. The zero-order valence-corrected chi connectivity index (χ0v) is 25.5. The molecule has 0 saturated heterocycles. The van der Waals surface area contributed by atoms with Crippen molar-refractivity contribution in [1.29, 1.82) is 0 Å². The van der Waals surface area contributed by atoms with Crippen LogP contribution >= 0.6 is 0 Å². The summed E-state index contributed by atoms with van der Waals surface area (Å²) in [6.45, 7) is 13.0. The van der Waals surface area contributed by atoms with Gasteiger partial charge in [-0.3, -0.25) is 9.59 Å². The molecule has 8 nitrogen and oxygen atoms in total. The Hall–Kier alpha value is -0.569. The molecule has 0 fully saturated rings. The van der Waals surface area contributed by atoms with E-state index in [1.54, 1.807) is 21.3 Å². The van der Waals surface area contributed by atoms with Crippen molar-refractivity contribution in [2.75, 3.05) is 27.9 Å². The first-order chi connectivity index (χ1) is 15.6. The molecule has 33 heavy (non-hydrogen) atoms. The van der Waals surface area contributed by atoms with Crippen LogP contribution in [0.15, 0.2) is 0 Å². The summed E-state index contributed by atoms with van der Waals surface area (Å²) in [5.74, 6) is -0.650. The summed E-state index contributed by atoms with van der Waals surface area (Å²) in [6.07, 6.45) is 0.659.